The van der Waals surface area contributed by atoms with Crippen LogP contribution in [0, 0.1) is 0 Å². The van der Waals surface area contributed by atoms with Crippen LogP contribution in [0.2, 0.25) is 0 Å². The van der Waals surface area contributed by atoms with Crippen LogP contribution in [0.4, 0.5) is 0 Å². The fourth-order valence-electron chi connectivity index (χ4n) is 2.93. The number of hydroxylamine groups is 2. The van der Waals surface area contributed by atoms with Crippen molar-refractivity contribution in [2.45, 2.75) is 39.2 Å². The predicted molar refractivity (Wildman–Crippen MR) is 103 cm³/mol. The summed E-state index contributed by atoms with van der Waals surface area (Å²) in [7, 11) is 0. The third-order valence-electron chi connectivity index (χ3n) is 4.09. The molecule has 0 radical (unpaired) electrons. The first-order valence-electron chi connectivity index (χ1n) is 9.00. The molecule has 1 aliphatic heterocycles. The van der Waals surface area contributed by atoms with Crippen molar-refractivity contribution in [3.63, 3.8) is 0 Å². The molecule has 25 heavy (non-hydrogen) atoms. The zero-order valence-corrected chi connectivity index (χ0v) is 16.1. The number of rotatable bonds is 8. The number of aliphatic hydroxyl groups is 1. The number of hydrogen-bond acceptors (Lipinski definition) is 5. The minimum Gasteiger partial charge on any atom is -0.389 e. The molecule has 1 saturated heterocycles. The molecule has 1 unspecified atom stereocenters. The van der Waals surface area contributed by atoms with Crippen molar-refractivity contribution in [1.29, 1.82) is 0 Å². The van der Waals surface area contributed by atoms with Crippen molar-refractivity contribution in [1.82, 2.24) is 14.9 Å². The molecule has 6 nitrogen and oxygen atoms in total. The Morgan fingerprint density at radius 3 is 2.72 bits per heavy atom. The van der Waals surface area contributed by atoms with E-state index in [0.717, 1.165) is 24.5 Å². The molecule has 1 aromatic heterocycles. The van der Waals surface area contributed by atoms with Crippen LogP contribution in [-0.2, 0) is 4.84 Å². The maximum Gasteiger partial charge on any atom is 0.156 e. The number of nitrogens with zero attached hydrogens (tertiary/aromatic N) is 4. The molecule has 0 amide bonds. The highest BCUT2D eigenvalue weighted by molar-refractivity contribution is 5.97. The number of amidine groups is 1. The molecular weight excluding hydrogens is 340 g/mol. The van der Waals surface area contributed by atoms with Crippen molar-refractivity contribution in [2.75, 3.05) is 39.3 Å². The van der Waals surface area contributed by atoms with Crippen LogP contribution in [0.15, 0.2) is 29.5 Å². The number of β-amino-alcohol motifs (C(OH)–C–C–N with tert-alkyl or cyclic N) is 1. The van der Waals surface area contributed by atoms with Gasteiger partial charge in [-0.1, -0.05) is 6.42 Å². The Hall–Kier alpha value is -1.21. The van der Waals surface area contributed by atoms with Crippen molar-refractivity contribution in [2.24, 2.45) is 4.99 Å². The minimum atomic E-state index is -0.492. The quantitative estimate of drug-likeness (QED) is 0.432. The lowest BCUT2D eigenvalue weighted by molar-refractivity contribution is -0.128. The van der Waals surface area contributed by atoms with Crippen LogP contribution in [0.5, 0.6) is 0 Å². The molecule has 0 saturated carbocycles. The van der Waals surface area contributed by atoms with E-state index in [1.165, 1.54) is 19.3 Å². The molecule has 0 aliphatic carbocycles. The third kappa shape index (κ3) is 7.28. The van der Waals surface area contributed by atoms with E-state index in [1.807, 2.05) is 26.0 Å². The van der Waals surface area contributed by atoms with E-state index >= 15 is 0 Å². The highest BCUT2D eigenvalue weighted by atomic mass is 35.5. The standard InChI is InChI=1S/C18H30N4O2.ClH/c1-3-20-18(16-9-8-10-19-13-16)22(4-2)24-15-17(23)14-21-11-6-5-7-12-21;/h8-10,13,17,23H,3-7,11-12,14-15H2,1-2H3;1H. The summed E-state index contributed by atoms with van der Waals surface area (Å²) in [5.41, 5.74) is 0.923. The highest BCUT2D eigenvalue weighted by Crippen LogP contribution is 2.10. The Kier molecular flexibility index (Phi) is 10.6. The molecule has 142 valence electrons. The molecule has 7 heteroatoms. The van der Waals surface area contributed by atoms with Gasteiger partial charge in [-0.2, -0.15) is 0 Å². The van der Waals surface area contributed by atoms with Gasteiger partial charge < -0.3 is 10.0 Å². The van der Waals surface area contributed by atoms with Gasteiger partial charge in [-0.05, 0) is 51.9 Å². The lowest BCUT2D eigenvalue weighted by Crippen LogP contribution is -2.41. The van der Waals surface area contributed by atoms with Gasteiger partial charge in [0.1, 0.15) is 6.61 Å². The first kappa shape index (κ1) is 21.8. The zero-order valence-electron chi connectivity index (χ0n) is 15.3. The van der Waals surface area contributed by atoms with Crippen LogP contribution in [0.1, 0.15) is 38.7 Å². The molecular formula is C18H31ClN4O2. The Labute approximate surface area is 157 Å². The van der Waals surface area contributed by atoms with Crippen molar-refractivity contribution in [3.05, 3.63) is 30.1 Å². The molecule has 1 aromatic rings. The third-order valence-corrected chi connectivity index (χ3v) is 4.09. The molecule has 2 heterocycles. The van der Waals surface area contributed by atoms with E-state index in [0.29, 0.717) is 19.6 Å². The fraction of sp³-hybridized carbons (Fsp3) is 0.667. The lowest BCUT2D eigenvalue weighted by Gasteiger charge is -2.30. The predicted octanol–water partition coefficient (Wildman–Crippen LogP) is 2.37. The van der Waals surface area contributed by atoms with Crippen LogP contribution in [0.25, 0.3) is 0 Å². The Morgan fingerprint density at radius 2 is 2.12 bits per heavy atom. The summed E-state index contributed by atoms with van der Waals surface area (Å²) >= 11 is 0. The molecule has 0 bridgehead atoms. The van der Waals surface area contributed by atoms with E-state index in [-0.39, 0.29) is 19.0 Å². The second kappa shape index (κ2) is 12.2. The summed E-state index contributed by atoms with van der Waals surface area (Å²) in [5, 5.41) is 12.0. The molecule has 0 aromatic carbocycles. The second-order valence-electron chi connectivity index (χ2n) is 6.05. The monoisotopic (exact) mass is 370 g/mol. The van der Waals surface area contributed by atoms with E-state index < -0.39 is 6.10 Å². The Balaban J connectivity index is 0.00000312. The normalized spacial score (nSPS) is 17.0. The van der Waals surface area contributed by atoms with Gasteiger partial charge >= 0.3 is 0 Å². The average molecular weight is 371 g/mol. The van der Waals surface area contributed by atoms with Gasteiger partial charge in [-0.15, -0.1) is 12.4 Å². The number of aliphatic hydroxyl groups excluding tert-OH is 1. The van der Waals surface area contributed by atoms with Gasteiger partial charge in [0.2, 0.25) is 0 Å². The van der Waals surface area contributed by atoms with E-state index in [2.05, 4.69) is 14.9 Å². The van der Waals surface area contributed by atoms with E-state index in [4.69, 9.17) is 4.84 Å². The maximum absolute atomic E-state index is 10.3. The number of aliphatic imine (C=N–C) groups is 1. The molecule has 0 spiro atoms. The average Bonchev–Trinajstić information content (AvgIpc) is 2.63. The summed E-state index contributed by atoms with van der Waals surface area (Å²) in [4.78, 5) is 16.9. The first-order valence-corrected chi connectivity index (χ1v) is 9.00. The lowest BCUT2D eigenvalue weighted by atomic mass is 10.1. The van der Waals surface area contributed by atoms with E-state index in [9.17, 15) is 5.11 Å². The molecule has 2 rings (SSSR count). The largest absolute Gasteiger partial charge is 0.389 e. The van der Waals surface area contributed by atoms with Crippen LogP contribution in [-0.4, -0.2) is 71.3 Å². The number of piperidine rings is 1. The minimum absolute atomic E-state index is 0. The van der Waals surface area contributed by atoms with Crippen molar-refractivity contribution in [3.8, 4) is 0 Å². The zero-order chi connectivity index (χ0) is 17.2. The van der Waals surface area contributed by atoms with Gasteiger partial charge in [-0.25, -0.2) is 5.06 Å². The number of likely N-dealkylation sites (tertiary alicyclic amines) is 1. The molecule has 1 fully saturated rings. The van der Waals surface area contributed by atoms with Gasteiger partial charge in [0, 0.05) is 37.6 Å². The van der Waals surface area contributed by atoms with Crippen LogP contribution in [0.3, 0.4) is 0 Å². The second-order valence-corrected chi connectivity index (χ2v) is 6.05. The topological polar surface area (TPSA) is 61.2 Å². The fourth-order valence-corrected chi connectivity index (χ4v) is 2.93. The molecule has 1 atom stereocenters. The molecule has 1 N–H and O–H groups in total. The number of halogens is 1. The summed E-state index contributed by atoms with van der Waals surface area (Å²) < 4.78 is 0. The van der Waals surface area contributed by atoms with Gasteiger partial charge in [0.25, 0.3) is 0 Å². The summed E-state index contributed by atoms with van der Waals surface area (Å²) in [6.07, 6.45) is 6.78. The van der Waals surface area contributed by atoms with Gasteiger partial charge in [0.15, 0.2) is 5.84 Å². The van der Waals surface area contributed by atoms with Crippen molar-refractivity contribution >= 4 is 18.2 Å². The van der Waals surface area contributed by atoms with Crippen LogP contribution >= 0.6 is 12.4 Å². The van der Waals surface area contributed by atoms with E-state index in [1.54, 1.807) is 17.5 Å². The first-order chi connectivity index (χ1) is 11.7. The smallest absolute Gasteiger partial charge is 0.156 e. The van der Waals surface area contributed by atoms with Crippen LogP contribution < -0.4 is 0 Å². The highest BCUT2D eigenvalue weighted by Gasteiger charge is 2.18. The number of pyridine rings is 1. The molecule has 1 aliphatic rings. The summed E-state index contributed by atoms with van der Waals surface area (Å²) in [6.45, 7) is 8.43. The SMILES string of the molecule is CCN=C(c1cccnc1)N(CC)OCC(O)CN1CCCCC1.Cl. The van der Waals surface area contributed by atoms with Gasteiger partial charge in [0.05, 0.1) is 6.10 Å². The summed E-state index contributed by atoms with van der Waals surface area (Å²) in [5.74, 6) is 0.762. The summed E-state index contributed by atoms with van der Waals surface area (Å²) in [6, 6.07) is 3.86. The van der Waals surface area contributed by atoms with Gasteiger partial charge in [-0.3, -0.25) is 14.8 Å². The van der Waals surface area contributed by atoms with Crippen molar-refractivity contribution < 1.29 is 9.94 Å². The number of aromatic nitrogens is 1. The Morgan fingerprint density at radius 1 is 1.36 bits per heavy atom. The number of hydrogen-bond donors (Lipinski definition) is 1. The maximum atomic E-state index is 10.3. The Bertz CT molecular complexity index is 495.